The molecular formula is C57H114NO9P. The predicted octanol–water partition coefficient (Wildman–Crippen LogP) is 17.8. The van der Waals surface area contributed by atoms with Crippen molar-refractivity contribution in [2.45, 2.75) is 328 Å². The Hall–Kier alpha value is -1.03. The molecule has 0 aliphatic rings. The summed E-state index contributed by atoms with van der Waals surface area (Å²) in [4.78, 5) is 33.8. The van der Waals surface area contributed by atoms with E-state index in [1.54, 1.807) is 0 Å². The van der Waals surface area contributed by atoms with E-state index in [2.05, 4.69) is 13.8 Å². The number of unbranched alkanes of at least 4 members (excludes halogenated alkanes) is 44. The monoisotopic (exact) mass is 988 g/mol. The summed E-state index contributed by atoms with van der Waals surface area (Å²) in [7, 11) is -4.62. The van der Waals surface area contributed by atoms with Gasteiger partial charge in [0.05, 0.1) is 19.8 Å². The van der Waals surface area contributed by atoms with Crippen LogP contribution in [0.2, 0.25) is 0 Å². The van der Waals surface area contributed by atoms with E-state index in [1.165, 1.54) is 257 Å². The van der Waals surface area contributed by atoms with Crippen molar-refractivity contribution >= 4 is 19.8 Å². The number of carboxylic acids is 1. The maximum atomic E-state index is 12.7. The molecule has 0 heterocycles. The molecule has 3 unspecified atom stereocenters. The highest BCUT2D eigenvalue weighted by Crippen LogP contribution is 2.43. The Morgan fingerprint density at radius 1 is 0.412 bits per heavy atom. The Labute approximate surface area is 420 Å². The smallest absolute Gasteiger partial charge is 0.472 e. The highest BCUT2D eigenvalue weighted by atomic mass is 31.2. The zero-order valence-corrected chi connectivity index (χ0v) is 45.9. The van der Waals surface area contributed by atoms with Crippen LogP contribution in [0.3, 0.4) is 0 Å². The van der Waals surface area contributed by atoms with E-state index in [0.717, 1.165) is 38.5 Å². The lowest BCUT2D eigenvalue weighted by molar-refractivity contribution is -0.154. The normalized spacial score (nSPS) is 13.5. The number of rotatable bonds is 58. The van der Waals surface area contributed by atoms with E-state index in [9.17, 15) is 19.0 Å². The number of carbonyl (C=O) groups excluding carboxylic acids is 1. The summed E-state index contributed by atoms with van der Waals surface area (Å²) in [5.74, 6) is -1.76. The Balaban J connectivity index is 3.99. The summed E-state index contributed by atoms with van der Waals surface area (Å²) >= 11 is 0. The second kappa shape index (κ2) is 53.8. The molecule has 0 aromatic carbocycles. The quantitative estimate of drug-likeness (QED) is 0.0305. The van der Waals surface area contributed by atoms with E-state index in [1.807, 2.05) is 0 Å². The fourth-order valence-electron chi connectivity index (χ4n) is 9.08. The van der Waals surface area contributed by atoms with Crippen LogP contribution in [-0.2, 0) is 32.7 Å². The molecule has 0 rings (SSSR count). The molecule has 0 radical (unpaired) electrons. The van der Waals surface area contributed by atoms with Crippen molar-refractivity contribution in [1.82, 2.24) is 0 Å². The van der Waals surface area contributed by atoms with Crippen LogP contribution in [0.25, 0.3) is 0 Å². The van der Waals surface area contributed by atoms with Gasteiger partial charge in [0, 0.05) is 13.0 Å². The van der Waals surface area contributed by atoms with Crippen LogP contribution in [0.5, 0.6) is 0 Å². The molecule has 68 heavy (non-hydrogen) atoms. The van der Waals surface area contributed by atoms with Crippen LogP contribution < -0.4 is 5.73 Å². The molecule has 0 aromatic heterocycles. The molecule has 0 aromatic rings. The Morgan fingerprint density at radius 2 is 0.676 bits per heavy atom. The van der Waals surface area contributed by atoms with Gasteiger partial charge in [-0.05, 0) is 12.8 Å². The first kappa shape index (κ1) is 67.0. The fourth-order valence-corrected chi connectivity index (χ4v) is 9.86. The minimum atomic E-state index is -4.62. The molecule has 4 N–H and O–H groups in total. The number of phosphoric acid groups is 1. The van der Waals surface area contributed by atoms with Gasteiger partial charge in [0.2, 0.25) is 0 Å². The molecule has 0 amide bonds. The van der Waals surface area contributed by atoms with Crippen LogP contribution in [0.4, 0.5) is 0 Å². The topological polar surface area (TPSA) is 155 Å². The van der Waals surface area contributed by atoms with E-state index in [0.29, 0.717) is 6.61 Å². The lowest BCUT2D eigenvalue weighted by Gasteiger charge is -2.20. The van der Waals surface area contributed by atoms with Gasteiger partial charge < -0.3 is 25.2 Å². The van der Waals surface area contributed by atoms with Crippen molar-refractivity contribution in [3.05, 3.63) is 0 Å². The van der Waals surface area contributed by atoms with Crippen LogP contribution in [-0.4, -0.2) is 60.5 Å². The number of carbonyl (C=O) groups is 2. The number of nitrogens with two attached hydrogens (primary N) is 1. The third-order valence-electron chi connectivity index (χ3n) is 13.6. The predicted molar refractivity (Wildman–Crippen MR) is 286 cm³/mol. The van der Waals surface area contributed by atoms with Crippen molar-refractivity contribution in [2.75, 3.05) is 26.4 Å². The van der Waals surface area contributed by atoms with Crippen LogP contribution in [0.1, 0.15) is 316 Å². The third-order valence-corrected chi connectivity index (χ3v) is 14.6. The molecule has 10 nitrogen and oxygen atoms in total. The number of ether oxygens (including phenoxy) is 2. The number of aliphatic carboxylic acids is 1. The molecule has 406 valence electrons. The van der Waals surface area contributed by atoms with Gasteiger partial charge in [0.1, 0.15) is 12.1 Å². The molecule has 0 bridgehead atoms. The molecular weight excluding hydrogens is 874 g/mol. The van der Waals surface area contributed by atoms with Crippen molar-refractivity contribution in [1.29, 1.82) is 0 Å². The number of phosphoric ester groups is 1. The fraction of sp³-hybridized carbons (Fsp3) is 0.965. The molecule has 11 heteroatoms. The standard InChI is InChI=1S/C57H114NO9P/c1-3-5-7-9-11-13-15-17-19-21-23-25-27-28-30-32-34-36-38-40-42-44-46-48-50-64-51-54(52-65-68(62,63)66-53-55(58)57(60)61)67-56(59)49-47-45-43-41-39-37-35-33-31-29-26-24-22-20-18-16-14-12-10-8-6-4-2/h54-55H,3-53,58H2,1-2H3,(H,60,61)(H,62,63). The van der Waals surface area contributed by atoms with Crippen LogP contribution in [0.15, 0.2) is 0 Å². The second-order valence-corrected chi connectivity index (χ2v) is 22.0. The van der Waals surface area contributed by atoms with Gasteiger partial charge in [-0.2, -0.15) is 0 Å². The Morgan fingerprint density at radius 3 is 0.971 bits per heavy atom. The van der Waals surface area contributed by atoms with Crippen LogP contribution >= 0.6 is 7.82 Å². The number of carboxylic acid groups (broad SMARTS) is 1. The van der Waals surface area contributed by atoms with E-state index in [4.69, 9.17) is 29.4 Å². The zero-order valence-electron chi connectivity index (χ0n) is 45.0. The van der Waals surface area contributed by atoms with Gasteiger partial charge in [-0.1, -0.05) is 296 Å². The first-order chi connectivity index (χ1) is 33.2. The minimum absolute atomic E-state index is 0.0269. The third kappa shape index (κ3) is 52.8. The summed E-state index contributed by atoms with van der Waals surface area (Å²) in [5.41, 5.74) is 5.39. The second-order valence-electron chi connectivity index (χ2n) is 20.5. The summed E-state index contributed by atoms with van der Waals surface area (Å²) in [6.45, 7) is 3.98. The lowest BCUT2D eigenvalue weighted by atomic mass is 10.0. The molecule has 0 saturated heterocycles. The van der Waals surface area contributed by atoms with Gasteiger partial charge in [-0.15, -0.1) is 0 Å². The van der Waals surface area contributed by atoms with Crippen molar-refractivity contribution < 1.29 is 42.7 Å². The highest BCUT2D eigenvalue weighted by Gasteiger charge is 2.27. The Bertz CT molecular complexity index is 1100. The van der Waals surface area contributed by atoms with Gasteiger partial charge in [0.25, 0.3) is 0 Å². The number of esters is 1. The molecule has 0 spiro atoms. The minimum Gasteiger partial charge on any atom is -0.480 e. The van der Waals surface area contributed by atoms with E-state index < -0.39 is 45.1 Å². The summed E-state index contributed by atoms with van der Waals surface area (Å²) < 4.78 is 33.6. The maximum absolute atomic E-state index is 12.7. The first-order valence-electron chi connectivity index (χ1n) is 29.6. The van der Waals surface area contributed by atoms with Gasteiger partial charge in [-0.3, -0.25) is 18.6 Å². The van der Waals surface area contributed by atoms with E-state index in [-0.39, 0.29) is 13.0 Å². The SMILES string of the molecule is CCCCCCCCCCCCCCCCCCCCCCCCCCOCC(COP(=O)(O)OCC(N)C(=O)O)OC(=O)CCCCCCCCCCCCCCCCCCCCCCCC. The lowest BCUT2D eigenvalue weighted by Crippen LogP contribution is -2.34. The summed E-state index contributed by atoms with van der Waals surface area (Å²) in [6, 6.07) is -1.47. The maximum Gasteiger partial charge on any atom is 0.472 e. The van der Waals surface area contributed by atoms with Gasteiger partial charge in [-0.25, -0.2) is 4.57 Å². The number of hydrogen-bond acceptors (Lipinski definition) is 8. The molecule has 0 aliphatic carbocycles. The summed E-state index contributed by atoms with van der Waals surface area (Å²) in [6.07, 6.45) is 60.4. The zero-order chi connectivity index (χ0) is 49.7. The Kier molecular flexibility index (Phi) is 52.9. The highest BCUT2D eigenvalue weighted by molar-refractivity contribution is 7.47. The average molecular weight is 989 g/mol. The molecule has 0 fully saturated rings. The van der Waals surface area contributed by atoms with E-state index >= 15 is 0 Å². The summed E-state index contributed by atoms with van der Waals surface area (Å²) in [5, 5.41) is 8.95. The van der Waals surface area contributed by atoms with Crippen molar-refractivity contribution in [2.24, 2.45) is 5.73 Å². The largest absolute Gasteiger partial charge is 0.480 e. The first-order valence-corrected chi connectivity index (χ1v) is 31.1. The van der Waals surface area contributed by atoms with Crippen LogP contribution in [0, 0.1) is 0 Å². The van der Waals surface area contributed by atoms with Crippen molar-refractivity contribution in [3.8, 4) is 0 Å². The van der Waals surface area contributed by atoms with Gasteiger partial charge in [0.15, 0.2) is 0 Å². The molecule has 0 saturated carbocycles. The van der Waals surface area contributed by atoms with Crippen molar-refractivity contribution in [3.63, 3.8) is 0 Å². The number of hydrogen-bond donors (Lipinski definition) is 3. The average Bonchev–Trinajstić information content (AvgIpc) is 3.32. The molecule has 3 atom stereocenters. The van der Waals surface area contributed by atoms with Gasteiger partial charge >= 0.3 is 19.8 Å². The molecule has 0 aliphatic heterocycles.